The molecule has 0 aromatic heterocycles. The second kappa shape index (κ2) is 5.63. The van der Waals surface area contributed by atoms with Gasteiger partial charge in [0, 0.05) is 0 Å². The van der Waals surface area contributed by atoms with Crippen LogP contribution in [0, 0.1) is 0 Å². The fourth-order valence-electron chi connectivity index (χ4n) is 2.81. The maximum Gasteiger partial charge on any atom is 0.313 e. The normalized spacial score (nSPS) is 13.3. The number of rotatable bonds is 5. The third-order valence-corrected chi connectivity index (χ3v) is 4.14. The molecule has 0 spiro atoms. The number of hydrogen-bond acceptors (Lipinski definition) is 2. The zero-order chi connectivity index (χ0) is 14.8. The molecule has 0 radical (unpaired) electrons. The van der Waals surface area contributed by atoms with Gasteiger partial charge in [0.25, 0.3) is 0 Å². The number of carboxylic acid groups (broad SMARTS) is 1. The average molecular weight is 272 g/mol. The predicted octanol–water partition coefficient (Wildman–Crippen LogP) is 3.56. The Kier molecular flexibility index (Phi) is 4.09. The van der Waals surface area contributed by atoms with E-state index in [9.17, 15) is 15.0 Å². The second-order valence-electron chi connectivity index (χ2n) is 5.15. The Morgan fingerprint density at radius 1 is 1.10 bits per heavy atom. The van der Waals surface area contributed by atoms with E-state index in [1.165, 1.54) is 0 Å². The summed E-state index contributed by atoms with van der Waals surface area (Å²) in [6.07, 6.45) is 0.813. The summed E-state index contributed by atoms with van der Waals surface area (Å²) in [5, 5.41) is 22.2. The van der Waals surface area contributed by atoms with Crippen LogP contribution in [-0.4, -0.2) is 21.8 Å². The topological polar surface area (TPSA) is 57.5 Å². The van der Waals surface area contributed by atoms with Crippen molar-refractivity contribution in [2.45, 2.75) is 38.2 Å². The molecule has 2 N–H and O–H groups in total. The molecule has 2 rings (SSSR count). The molecule has 3 heteroatoms. The first kappa shape index (κ1) is 14.5. The Morgan fingerprint density at radius 3 is 2.30 bits per heavy atom. The molecular weight excluding hydrogens is 252 g/mol. The van der Waals surface area contributed by atoms with Gasteiger partial charge in [0.15, 0.2) is 0 Å². The number of carboxylic acids is 1. The minimum atomic E-state index is -1.23. The first-order chi connectivity index (χ1) is 9.53. The molecule has 0 amide bonds. The SMILES string of the molecule is CCC(O)(CC)C(C(=O)O)c1cccc2ccccc12. The van der Waals surface area contributed by atoms with E-state index in [0.717, 1.165) is 10.8 Å². The molecule has 0 bridgehead atoms. The predicted molar refractivity (Wildman–Crippen MR) is 79.9 cm³/mol. The van der Waals surface area contributed by atoms with E-state index in [2.05, 4.69) is 0 Å². The van der Waals surface area contributed by atoms with Gasteiger partial charge in [0.05, 0.1) is 5.60 Å². The van der Waals surface area contributed by atoms with Crippen LogP contribution in [0.5, 0.6) is 0 Å². The number of benzene rings is 2. The largest absolute Gasteiger partial charge is 0.481 e. The van der Waals surface area contributed by atoms with Crippen molar-refractivity contribution < 1.29 is 15.0 Å². The minimum absolute atomic E-state index is 0.406. The van der Waals surface area contributed by atoms with Crippen molar-refractivity contribution in [3.63, 3.8) is 0 Å². The Labute approximate surface area is 118 Å². The molecule has 0 saturated carbocycles. The van der Waals surface area contributed by atoms with Crippen molar-refractivity contribution in [2.75, 3.05) is 0 Å². The number of hydrogen-bond donors (Lipinski definition) is 2. The van der Waals surface area contributed by atoms with Gasteiger partial charge < -0.3 is 10.2 Å². The van der Waals surface area contributed by atoms with Crippen molar-refractivity contribution in [1.82, 2.24) is 0 Å². The minimum Gasteiger partial charge on any atom is -0.481 e. The summed E-state index contributed by atoms with van der Waals surface area (Å²) in [6, 6.07) is 13.3. The van der Waals surface area contributed by atoms with Crippen molar-refractivity contribution in [3.05, 3.63) is 48.0 Å². The Bertz CT molecular complexity index is 609. The molecule has 0 fully saturated rings. The Balaban J connectivity index is 2.67. The second-order valence-corrected chi connectivity index (χ2v) is 5.15. The molecule has 106 valence electrons. The quantitative estimate of drug-likeness (QED) is 0.875. The maximum absolute atomic E-state index is 11.7. The van der Waals surface area contributed by atoms with Gasteiger partial charge in [-0.1, -0.05) is 56.3 Å². The molecule has 0 heterocycles. The molecule has 0 aliphatic rings. The highest BCUT2D eigenvalue weighted by Gasteiger charge is 2.40. The first-order valence-electron chi connectivity index (χ1n) is 6.96. The van der Waals surface area contributed by atoms with E-state index in [1.54, 1.807) is 6.07 Å². The Morgan fingerprint density at radius 2 is 1.70 bits per heavy atom. The van der Waals surface area contributed by atoms with Gasteiger partial charge in [-0.25, -0.2) is 0 Å². The van der Waals surface area contributed by atoms with Gasteiger partial charge in [-0.15, -0.1) is 0 Å². The van der Waals surface area contributed by atoms with Crippen LogP contribution in [0.3, 0.4) is 0 Å². The first-order valence-corrected chi connectivity index (χ1v) is 6.96. The molecule has 0 saturated heterocycles. The van der Waals surface area contributed by atoms with Gasteiger partial charge in [0.1, 0.15) is 5.92 Å². The van der Waals surface area contributed by atoms with E-state index >= 15 is 0 Å². The lowest BCUT2D eigenvalue weighted by Crippen LogP contribution is -2.39. The van der Waals surface area contributed by atoms with Gasteiger partial charge in [-0.2, -0.15) is 0 Å². The summed E-state index contributed by atoms with van der Waals surface area (Å²) in [6.45, 7) is 3.65. The Hall–Kier alpha value is -1.87. The zero-order valence-electron chi connectivity index (χ0n) is 11.8. The molecule has 20 heavy (non-hydrogen) atoms. The van der Waals surface area contributed by atoms with Crippen LogP contribution in [0.1, 0.15) is 38.2 Å². The van der Waals surface area contributed by atoms with E-state index in [4.69, 9.17) is 0 Å². The van der Waals surface area contributed by atoms with Crippen molar-refractivity contribution in [2.24, 2.45) is 0 Å². The lowest BCUT2D eigenvalue weighted by Gasteiger charge is -2.32. The molecule has 3 nitrogen and oxygen atoms in total. The molecule has 1 atom stereocenters. The molecule has 0 aliphatic carbocycles. The third-order valence-electron chi connectivity index (χ3n) is 4.14. The molecular formula is C17H20O3. The van der Waals surface area contributed by atoms with E-state index < -0.39 is 17.5 Å². The van der Waals surface area contributed by atoms with Crippen LogP contribution < -0.4 is 0 Å². The number of aliphatic carboxylic acids is 1. The van der Waals surface area contributed by atoms with E-state index in [0.29, 0.717) is 18.4 Å². The average Bonchev–Trinajstić information content (AvgIpc) is 2.47. The van der Waals surface area contributed by atoms with Crippen LogP contribution in [0.2, 0.25) is 0 Å². The standard InChI is InChI=1S/C17H20O3/c1-3-17(20,4-2)15(16(18)19)14-11-7-9-12-8-5-6-10-13(12)14/h5-11,15,20H,3-4H2,1-2H3,(H,18,19). The highest BCUT2D eigenvalue weighted by molar-refractivity contribution is 5.91. The summed E-state index contributed by atoms with van der Waals surface area (Å²) in [5.74, 6) is -1.89. The number of aliphatic hydroxyl groups is 1. The van der Waals surface area contributed by atoms with Crippen LogP contribution in [0.25, 0.3) is 10.8 Å². The van der Waals surface area contributed by atoms with Crippen molar-refractivity contribution in [3.8, 4) is 0 Å². The van der Waals surface area contributed by atoms with Crippen LogP contribution in [0.4, 0.5) is 0 Å². The van der Waals surface area contributed by atoms with E-state index in [1.807, 2.05) is 50.2 Å². The smallest absolute Gasteiger partial charge is 0.313 e. The monoisotopic (exact) mass is 272 g/mol. The highest BCUT2D eigenvalue weighted by atomic mass is 16.4. The van der Waals surface area contributed by atoms with E-state index in [-0.39, 0.29) is 0 Å². The molecule has 2 aromatic rings. The summed E-state index contributed by atoms with van der Waals surface area (Å²) in [5.41, 5.74) is -0.544. The maximum atomic E-state index is 11.7. The van der Waals surface area contributed by atoms with Crippen molar-refractivity contribution >= 4 is 16.7 Å². The van der Waals surface area contributed by atoms with Crippen LogP contribution in [0.15, 0.2) is 42.5 Å². The lowest BCUT2D eigenvalue weighted by atomic mass is 9.77. The van der Waals surface area contributed by atoms with Gasteiger partial charge in [-0.3, -0.25) is 4.79 Å². The van der Waals surface area contributed by atoms with Crippen LogP contribution >= 0.6 is 0 Å². The summed E-state index contributed by atoms with van der Waals surface area (Å²) < 4.78 is 0. The molecule has 0 aliphatic heterocycles. The fraction of sp³-hybridized carbons (Fsp3) is 0.353. The fourth-order valence-corrected chi connectivity index (χ4v) is 2.81. The number of fused-ring (bicyclic) bond motifs is 1. The zero-order valence-corrected chi connectivity index (χ0v) is 11.8. The van der Waals surface area contributed by atoms with Crippen LogP contribution in [-0.2, 0) is 4.79 Å². The van der Waals surface area contributed by atoms with Gasteiger partial charge in [0.2, 0.25) is 0 Å². The summed E-state index contributed by atoms with van der Waals surface area (Å²) in [7, 11) is 0. The third kappa shape index (κ3) is 2.41. The molecule has 1 unspecified atom stereocenters. The molecule has 2 aromatic carbocycles. The summed E-state index contributed by atoms with van der Waals surface area (Å²) >= 11 is 0. The highest BCUT2D eigenvalue weighted by Crippen LogP contribution is 2.37. The summed E-state index contributed by atoms with van der Waals surface area (Å²) in [4.78, 5) is 11.7. The van der Waals surface area contributed by atoms with Gasteiger partial charge >= 0.3 is 5.97 Å². The van der Waals surface area contributed by atoms with Gasteiger partial charge in [-0.05, 0) is 29.2 Å². The van der Waals surface area contributed by atoms with Crippen molar-refractivity contribution in [1.29, 1.82) is 0 Å². The number of carbonyl (C=O) groups is 1. The lowest BCUT2D eigenvalue weighted by molar-refractivity contribution is -0.146.